The zero-order chi connectivity index (χ0) is 20.5. The molecule has 1 aromatic heterocycles. The number of aromatic nitrogens is 1. The second-order valence-corrected chi connectivity index (χ2v) is 10.6. The van der Waals surface area contributed by atoms with E-state index in [-0.39, 0.29) is 24.4 Å². The number of nitrogens with zero attached hydrogens (tertiary/aromatic N) is 2. The highest BCUT2D eigenvalue weighted by Crippen LogP contribution is 2.40. The van der Waals surface area contributed by atoms with Gasteiger partial charge in [0.25, 0.3) is 0 Å². The van der Waals surface area contributed by atoms with E-state index in [1.807, 2.05) is 13.8 Å². The maximum atomic E-state index is 12.7. The highest BCUT2D eigenvalue weighted by atomic mass is 32.3. The lowest BCUT2D eigenvalue weighted by atomic mass is 9.91. The summed E-state index contributed by atoms with van der Waals surface area (Å²) in [5.41, 5.74) is -0.805. The van der Waals surface area contributed by atoms with E-state index in [2.05, 4.69) is 15.8 Å². The molecule has 0 aliphatic carbocycles. The number of aliphatic hydroxyl groups is 1. The smallest absolute Gasteiger partial charge is 0.246 e. The molecule has 1 atom stereocenters. The van der Waals surface area contributed by atoms with Crippen LogP contribution in [0.4, 0.5) is 5.88 Å². The number of hydrogen-bond donors (Lipinski definition) is 4. The summed E-state index contributed by atoms with van der Waals surface area (Å²) in [5, 5.41) is 19.4. The zero-order valence-electron chi connectivity index (χ0n) is 16.7. The molecule has 156 valence electrons. The van der Waals surface area contributed by atoms with Gasteiger partial charge in [0.15, 0.2) is 0 Å². The van der Waals surface area contributed by atoms with E-state index in [1.54, 1.807) is 30.5 Å². The molecule has 1 aromatic rings. The molecular weight excluding hydrogens is 372 g/mol. The maximum Gasteiger partial charge on any atom is 0.246 e. The van der Waals surface area contributed by atoms with Crippen LogP contribution in [0.5, 0.6) is 0 Å². The molecule has 1 fully saturated rings. The summed E-state index contributed by atoms with van der Waals surface area (Å²) in [5.74, 6) is 0.00243. The van der Waals surface area contributed by atoms with Gasteiger partial charge in [-0.2, -0.15) is 4.31 Å². The van der Waals surface area contributed by atoms with Crippen LogP contribution in [0.2, 0.25) is 0 Å². The van der Waals surface area contributed by atoms with Gasteiger partial charge in [0, 0.05) is 30.6 Å². The van der Waals surface area contributed by atoms with Crippen LogP contribution in [0.1, 0.15) is 46.2 Å². The molecule has 6 N–H and O–H groups in total. The molecule has 10 heteroatoms. The molecule has 1 aliphatic heterocycles. The number of hydrogen-bond acceptors (Lipinski definition) is 7. The summed E-state index contributed by atoms with van der Waals surface area (Å²) in [6.45, 7) is 8.46. The lowest BCUT2D eigenvalue weighted by Gasteiger charge is -2.41. The van der Waals surface area contributed by atoms with Crippen molar-refractivity contribution in [3.63, 3.8) is 0 Å². The Morgan fingerprint density at radius 1 is 1.41 bits per heavy atom. The molecule has 2 rings (SSSR count). The van der Waals surface area contributed by atoms with Crippen molar-refractivity contribution in [1.82, 2.24) is 14.8 Å². The Kier molecular flexibility index (Phi) is 6.60. The lowest BCUT2D eigenvalue weighted by Crippen LogP contribution is -2.56. The third kappa shape index (κ3) is 5.66. The van der Waals surface area contributed by atoms with Crippen LogP contribution in [-0.2, 0) is 10.2 Å². The van der Waals surface area contributed by atoms with Crippen molar-refractivity contribution in [2.24, 2.45) is 0 Å². The van der Waals surface area contributed by atoms with Crippen LogP contribution in [0.3, 0.4) is 0 Å². The predicted molar refractivity (Wildman–Crippen MR) is 107 cm³/mol. The van der Waals surface area contributed by atoms with Crippen LogP contribution in [-0.4, -0.2) is 67.1 Å². The molecule has 1 unspecified atom stereocenters. The number of aliphatic hydroxyl groups excluding tert-OH is 1. The summed E-state index contributed by atoms with van der Waals surface area (Å²) in [4.78, 5) is 12.7. The lowest BCUT2D eigenvalue weighted by molar-refractivity contribution is -0.121. The monoisotopic (exact) mass is 405 g/mol. The molecule has 0 radical (unpaired) electrons. The highest BCUT2D eigenvalue weighted by molar-refractivity contribution is 8.21. The number of piperidine rings is 1. The number of nitrogens with one attached hydrogen (secondary N) is 2. The van der Waals surface area contributed by atoms with Crippen LogP contribution in [0.25, 0.3) is 0 Å². The van der Waals surface area contributed by atoms with Gasteiger partial charge in [0.05, 0.1) is 24.1 Å². The SMILES string of the molecule is CC(C)(NC1CCN(S(C)(O)[OH2+])CC1)C(=O)Nc1cc(C(C)(C)CO)no1. The van der Waals surface area contributed by atoms with Gasteiger partial charge in [-0.25, -0.2) is 0 Å². The van der Waals surface area contributed by atoms with Crippen molar-refractivity contribution in [3.8, 4) is 0 Å². The molecule has 1 aliphatic rings. The van der Waals surface area contributed by atoms with Gasteiger partial charge in [0.1, 0.15) is 0 Å². The van der Waals surface area contributed by atoms with E-state index >= 15 is 0 Å². The Bertz CT molecular complexity index is 648. The van der Waals surface area contributed by atoms with Gasteiger partial charge in [-0.05, 0) is 37.5 Å². The Balaban J connectivity index is 1.92. The average molecular weight is 406 g/mol. The fourth-order valence-electron chi connectivity index (χ4n) is 2.93. The topological polar surface area (TPSA) is 134 Å². The number of amides is 1. The van der Waals surface area contributed by atoms with E-state index in [1.165, 1.54) is 0 Å². The van der Waals surface area contributed by atoms with Crippen molar-refractivity contribution >= 4 is 22.6 Å². The van der Waals surface area contributed by atoms with E-state index in [0.29, 0.717) is 18.8 Å². The zero-order valence-corrected chi connectivity index (χ0v) is 17.5. The van der Waals surface area contributed by atoms with Gasteiger partial charge in [-0.1, -0.05) is 19.0 Å². The van der Waals surface area contributed by atoms with Crippen molar-refractivity contribution in [3.05, 3.63) is 11.8 Å². The van der Waals surface area contributed by atoms with Crippen LogP contribution >= 0.6 is 10.8 Å². The van der Waals surface area contributed by atoms with Crippen molar-refractivity contribution in [1.29, 1.82) is 0 Å². The molecule has 0 bridgehead atoms. The maximum absolute atomic E-state index is 12.7. The van der Waals surface area contributed by atoms with Gasteiger partial charge >= 0.3 is 0 Å². The van der Waals surface area contributed by atoms with Crippen LogP contribution in [0.15, 0.2) is 10.6 Å². The first-order valence-corrected chi connectivity index (χ1v) is 11.0. The van der Waals surface area contributed by atoms with E-state index in [0.717, 1.165) is 12.8 Å². The summed E-state index contributed by atoms with van der Waals surface area (Å²) in [6, 6.07) is 1.75. The first kappa shape index (κ1) is 22.1. The van der Waals surface area contributed by atoms with E-state index in [4.69, 9.17) is 9.08 Å². The third-order valence-corrected chi connectivity index (χ3v) is 6.30. The van der Waals surface area contributed by atoms with Gasteiger partial charge in [0.2, 0.25) is 11.8 Å². The van der Waals surface area contributed by atoms with Gasteiger partial charge in [-0.3, -0.25) is 14.7 Å². The second-order valence-electron chi connectivity index (χ2n) is 8.38. The minimum Gasteiger partial charge on any atom is -0.395 e. The predicted octanol–water partition coefficient (Wildman–Crippen LogP) is 1.18. The molecule has 0 aromatic carbocycles. The standard InChI is InChI=1S/C17H32N4O5S/c1-16(2,11-22)13-10-14(26-20-13)18-15(23)17(3,4)19-12-6-8-21(9-7-12)27(5,24)25/h10,12,19,22,24-25H,6-9,11H2,1-5H3,(H,18,23)/p+1. The Labute approximate surface area is 162 Å². The summed E-state index contributed by atoms with van der Waals surface area (Å²) in [7, 11) is -2.42. The minimum atomic E-state index is -2.42. The Hall–Kier alpha value is -1.17. The Morgan fingerprint density at radius 2 is 2.00 bits per heavy atom. The normalized spacial score (nSPS) is 20.9. The van der Waals surface area contributed by atoms with Crippen molar-refractivity contribution < 1.29 is 23.5 Å². The fraction of sp³-hybridized carbons (Fsp3) is 0.765. The quantitative estimate of drug-likeness (QED) is 0.500. The molecule has 9 nitrogen and oxygen atoms in total. The van der Waals surface area contributed by atoms with Crippen LogP contribution in [0, 0.1) is 0 Å². The third-order valence-electron chi connectivity index (χ3n) is 4.92. The minimum absolute atomic E-state index is 0.0778. The molecule has 1 amide bonds. The Morgan fingerprint density at radius 3 is 2.52 bits per heavy atom. The van der Waals surface area contributed by atoms with E-state index in [9.17, 15) is 14.5 Å². The molecule has 0 saturated carbocycles. The summed E-state index contributed by atoms with van der Waals surface area (Å²) in [6.07, 6.45) is 3.06. The number of rotatable bonds is 7. The molecule has 0 spiro atoms. The number of carbonyl (C=O) groups is 1. The van der Waals surface area contributed by atoms with Crippen LogP contribution < -0.4 is 10.6 Å². The average Bonchev–Trinajstić information content (AvgIpc) is 3.03. The van der Waals surface area contributed by atoms with Gasteiger partial charge < -0.3 is 19.5 Å². The largest absolute Gasteiger partial charge is 0.395 e. The molecule has 1 saturated heterocycles. The number of carbonyl (C=O) groups excluding carboxylic acids is 1. The summed E-state index contributed by atoms with van der Waals surface area (Å²) >= 11 is 0. The molecule has 2 heterocycles. The van der Waals surface area contributed by atoms with Crippen molar-refractivity contribution in [2.45, 2.75) is 57.5 Å². The molecule has 27 heavy (non-hydrogen) atoms. The van der Waals surface area contributed by atoms with Gasteiger partial charge in [-0.15, -0.1) is 0 Å². The van der Waals surface area contributed by atoms with Crippen molar-refractivity contribution in [2.75, 3.05) is 31.3 Å². The summed E-state index contributed by atoms with van der Waals surface area (Å²) < 4.78 is 24.6. The molecular formula is C17H33N4O5S+. The first-order chi connectivity index (χ1) is 12.3. The van der Waals surface area contributed by atoms with E-state index < -0.39 is 21.7 Å². The number of anilines is 1. The fourth-order valence-corrected chi connectivity index (χ4v) is 3.86. The first-order valence-electron chi connectivity index (χ1n) is 9.03. The second kappa shape index (κ2) is 8.06. The highest BCUT2D eigenvalue weighted by Gasteiger charge is 2.34.